The van der Waals surface area contributed by atoms with Crippen LogP contribution in [0.4, 0.5) is 0 Å². The second-order valence-electron chi connectivity index (χ2n) is 5.76. The molecule has 0 aliphatic heterocycles. The number of guanidine groups is 1. The first-order chi connectivity index (χ1) is 9.15. The largest absolute Gasteiger partial charge is 0.383 e. The molecule has 0 saturated heterocycles. The lowest BCUT2D eigenvalue weighted by Gasteiger charge is -2.26. The molecule has 5 heteroatoms. The van der Waals surface area contributed by atoms with Crippen LogP contribution in [-0.2, 0) is 4.74 Å². The summed E-state index contributed by atoms with van der Waals surface area (Å²) in [6.45, 7) is 9.05. The van der Waals surface area contributed by atoms with Gasteiger partial charge in [0.05, 0.1) is 6.61 Å². The molecule has 2 N–H and O–H groups in total. The van der Waals surface area contributed by atoms with E-state index < -0.39 is 0 Å². The van der Waals surface area contributed by atoms with Crippen LogP contribution in [-0.4, -0.2) is 38.8 Å². The summed E-state index contributed by atoms with van der Waals surface area (Å²) in [6, 6.07) is 0.281. The average Bonchev–Trinajstić information content (AvgIpc) is 2.86. The maximum absolute atomic E-state index is 5.16. The van der Waals surface area contributed by atoms with E-state index in [1.165, 1.54) is 32.1 Å². The summed E-state index contributed by atoms with van der Waals surface area (Å²) < 4.78 is 5.16. The van der Waals surface area contributed by atoms with Gasteiger partial charge in [-0.15, -0.1) is 24.0 Å². The molecular weight excluding hydrogens is 365 g/mol. The maximum atomic E-state index is 5.16. The van der Waals surface area contributed by atoms with E-state index in [1.807, 2.05) is 0 Å². The number of halogens is 1. The summed E-state index contributed by atoms with van der Waals surface area (Å²) in [5.41, 5.74) is 0.451. The molecule has 0 aromatic rings. The van der Waals surface area contributed by atoms with Gasteiger partial charge in [0, 0.05) is 26.2 Å². The SMILES string of the molecule is CCNC(=NCC1(CC)CCCC1)NC(C)COC.I. The number of nitrogens with zero attached hydrogens (tertiary/aromatic N) is 1. The predicted octanol–water partition coefficient (Wildman–Crippen LogP) is 3.16. The highest BCUT2D eigenvalue weighted by Gasteiger charge is 2.31. The quantitative estimate of drug-likeness (QED) is 0.394. The van der Waals surface area contributed by atoms with Crippen molar-refractivity contribution in [3.05, 3.63) is 0 Å². The Hall–Kier alpha value is -0.0400. The fourth-order valence-electron chi connectivity index (χ4n) is 2.84. The van der Waals surface area contributed by atoms with Gasteiger partial charge in [-0.1, -0.05) is 19.8 Å². The molecule has 0 amide bonds. The van der Waals surface area contributed by atoms with E-state index in [1.54, 1.807) is 7.11 Å². The van der Waals surface area contributed by atoms with Crippen molar-refractivity contribution < 1.29 is 4.74 Å². The van der Waals surface area contributed by atoms with Gasteiger partial charge < -0.3 is 15.4 Å². The summed E-state index contributed by atoms with van der Waals surface area (Å²) >= 11 is 0. The van der Waals surface area contributed by atoms with Crippen LogP contribution >= 0.6 is 24.0 Å². The summed E-state index contributed by atoms with van der Waals surface area (Å²) in [7, 11) is 1.73. The first-order valence-corrected chi connectivity index (χ1v) is 7.69. The second-order valence-corrected chi connectivity index (χ2v) is 5.76. The minimum absolute atomic E-state index is 0. The van der Waals surface area contributed by atoms with Crippen LogP contribution in [0.15, 0.2) is 4.99 Å². The molecule has 1 rings (SSSR count). The third-order valence-corrected chi connectivity index (χ3v) is 4.13. The lowest BCUT2D eigenvalue weighted by atomic mass is 9.84. The first-order valence-electron chi connectivity index (χ1n) is 7.69. The molecule has 1 saturated carbocycles. The Bertz CT molecular complexity index is 278. The smallest absolute Gasteiger partial charge is 0.191 e. The molecule has 1 aliphatic carbocycles. The van der Waals surface area contributed by atoms with Gasteiger partial charge in [0.1, 0.15) is 0 Å². The number of ether oxygens (including phenoxy) is 1. The van der Waals surface area contributed by atoms with Crippen molar-refractivity contribution in [3.8, 4) is 0 Å². The summed E-state index contributed by atoms with van der Waals surface area (Å²) in [6.07, 6.45) is 6.64. The van der Waals surface area contributed by atoms with Gasteiger partial charge >= 0.3 is 0 Å². The van der Waals surface area contributed by atoms with Gasteiger partial charge in [0.15, 0.2) is 5.96 Å². The van der Waals surface area contributed by atoms with Crippen molar-refractivity contribution in [2.75, 3.05) is 26.8 Å². The maximum Gasteiger partial charge on any atom is 0.191 e. The third kappa shape index (κ3) is 6.61. The van der Waals surface area contributed by atoms with E-state index in [0.29, 0.717) is 12.0 Å². The molecular formula is C15H32IN3O. The molecule has 1 fully saturated rings. The lowest BCUT2D eigenvalue weighted by molar-refractivity contribution is 0.179. The standard InChI is InChI=1S/C15H31N3O.HI/c1-5-15(9-7-8-10-15)12-17-14(16-6-2)18-13(3)11-19-4;/h13H,5-12H2,1-4H3,(H2,16,17,18);1H. The lowest BCUT2D eigenvalue weighted by Crippen LogP contribution is -2.44. The predicted molar refractivity (Wildman–Crippen MR) is 97.1 cm³/mol. The molecule has 1 atom stereocenters. The number of aliphatic imine (C=N–C) groups is 1. The Morgan fingerprint density at radius 3 is 2.45 bits per heavy atom. The Labute approximate surface area is 141 Å². The normalized spacial score (nSPS) is 19.3. The van der Waals surface area contributed by atoms with Crippen molar-refractivity contribution in [3.63, 3.8) is 0 Å². The fourth-order valence-corrected chi connectivity index (χ4v) is 2.84. The Balaban J connectivity index is 0.00000361. The number of methoxy groups -OCH3 is 1. The van der Waals surface area contributed by atoms with Crippen molar-refractivity contribution >= 4 is 29.9 Å². The summed E-state index contributed by atoms with van der Waals surface area (Å²) in [4.78, 5) is 4.80. The second kappa shape index (κ2) is 10.7. The van der Waals surface area contributed by atoms with Crippen LogP contribution < -0.4 is 10.6 Å². The Morgan fingerprint density at radius 1 is 1.30 bits per heavy atom. The molecule has 20 heavy (non-hydrogen) atoms. The van der Waals surface area contributed by atoms with Crippen LogP contribution in [0.25, 0.3) is 0 Å². The van der Waals surface area contributed by atoms with Crippen molar-refractivity contribution in [1.82, 2.24) is 10.6 Å². The van der Waals surface area contributed by atoms with E-state index in [2.05, 4.69) is 31.4 Å². The molecule has 0 spiro atoms. The van der Waals surface area contributed by atoms with Crippen molar-refractivity contribution in [1.29, 1.82) is 0 Å². The molecule has 1 aliphatic rings. The molecule has 120 valence electrons. The molecule has 0 bridgehead atoms. The van der Waals surface area contributed by atoms with E-state index in [-0.39, 0.29) is 30.0 Å². The van der Waals surface area contributed by atoms with Crippen LogP contribution in [0.2, 0.25) is 0 Å². The van der Waals surface area contributed by atoms with E-state index in [9.17, 15) is 0 Å². The van der Waals surface area contributed by atoms with Gasteiger partial charge in [0.25, 0.3) is 0 Å². The minimum atomic E-state index is 0. The van der Waals surface area contributed by atoms with E-state index in [0.717, 1.165) is 19.0 Å². The van der Waals surface area contributed by atoms with E-state index in [4.69, 9.17) is 9.73 Å². The fraction of sp³-hybridized carbons (Fsp3) is 0.933. The van der Waals surface area contributed by atoms with Gasteiger partial charge in [-0.3, -0.25) is 4.99 Å². The highest BCUT2D eigenvalue weighted by molar-refractivity contribution is 14.0. The average molecular weight is 397 g/mol. The number of nitrogens with one attached hydrogen (secondary N) is 2. The van der Waals surface area contributed by atoms with Gasteiger partial charge in [-0.05, 0) is 38.5 Å². The zero-order valence-corrected chi connectivity index (χ0v) is 15.8. The van der Waals surface area contributed by atoms with Gasteiger partial charge in [-0.2, -0.15) is 0 Å². The topological polar surface area (TPSA) is 45.7 Å². The molecule has 1 unspecified atom stereocenters. The highest BCUT2D eigenvalue weighted by atomic mass is 127. The van der Waals surface area contributed by atoms with Crippen molar-refractivity contribution in [2.45, 2.75) is 58.9 Å². The number of rotatable bonds is 7. The van der Waals surface area contributed by atoms with Crippen molar-refractivity contribution in [2.24, 2.45) is 10.4 Å². The number of hydrogen-bond acceptors (Lipinski definition) is 2. The third-order valence-electron chi connectivity index (χ3n) is 4.13. The van der Waals surface area contributed by atoms with Gasteiger partial charge in [-0.25, -0.2) is 0 Å². The number of hydrogen-bond donors (Lipinski definition) is 2. The molecule has 0 aromatic heterocycles. The summed E-state index contributed by atoms with van der Waals surface area (Å²) in [5.74, 6) is 0.923. The molecule has 0 aromatic carbocycles. The molecule has 4 nitrogen and oxygen atoms in total. The minimum Gasteiger partial charge on any atom is -0.383 e. The van der Waals surface area contributed by atoms with Crippen LogP contribution in [0.1, 0.15) is 52.9 Å². The highest BCUT2D eigenvalue weighted by Crippen LogP contribution is 2.41. The monoisotopic (exact) mass is 397 g/mol. The molecule has 0 heterocycles. The summed E-state index contributed by atoms with van der Waals surface area (Å²) in [5, 5.41) is 6.72. The molecule has 0 radical (unpaired) electrons. The zero-order valence-electron chi connectivity index (χ0n) is 13.5. The van der Waals surface area contributed by atoms with Crippen LogP contribution in [0, 0.1) is 5.41 Å². The zero-order chi connectivity index (χ0) is 14.1. The Kier molecular flexibility index (Phi) is 10.6. The van der Waals surface area contributed by atoms with Crippen LogP contribution in [0.3, 0.4) is 0 Å². The first kappa shape index (κ1) is 20.0. The Morgan fingerprint density at radius 2 is 1.95 bits per heavy atom. The van der Waals surface area contributed by atoms with Gasteiger partial charge in [0.2, 0.25) is 0 Å². The van der Waals surface area contributed by atoms with E-state index >= 15 is 0 Å². The van der Waals surface area contributed by atoms with Crippen LogP contribution in [0.5, 0.6) is 0 Å².